The Morgan fingerprint density at radius 3 is 3.05 bits per heavy atom. The van der Waals surface area contributed by atoms with Crippen molar-refractivity contribution in [3.63, 3.8) is 0 Å². The molecule has 1 aliphatic rings. The van der Waals surface area contributed by atoms with Crippen LogP contribution in [-0.2, 0) is 13.1 Å². The molecule has 1 N–H and O–H groups in total. The molecule has 0 amide bonds. The molecule has 0 aliphatic heterocycles. The van der Waals surface area contributed by atoms with Crippen molar-refractivity contribution < 1.29 is 0 Å². The van der Waals surface area contributed by atoms with Gasteiger partial charge >= 0.3 is 0 Å². The summed E-state index contributed by atoms with van der Waals surface area (Å²) in [4.78, 5) is 8.65. The molecule has 0 unspecified atom stereocenters. The van der Waals surface area contributed by atoms with E-state index in [9.17, 15) is 0 Å². The third kappa shape index (κ3) is 2.39. The molecule has 3 aromatic rings. The van der Waals surface area contributed by atoms with Gasteiger partial charge in [-0.3, -0.25) is 4.40 Å². The second-order valence-electron chi connectivity index (χ2n) is 5.12. The zero-order chi connectivity index (χ0) is 13.4. The fourth-order valence-electron chi connectivity index (χ4n) is 2.15. The second kappa shape index (κ2) is 4.68. The van der Waals surface area contributed by atoms with Crippen molar-refractivity contribution in [2.45, 2.75) is 32.0 Å². The van der Waals surface area contributed by atoms with E-state index in [1.807, 2.05) is 33.7 Å². The second-order valence-corrected chi connectivity index (χ2v) is 5.12. The number of hydrogen-bond donors (Lipinski definition) is 1. The maximum Gasteiger partial charge on any atom is 0.233 e. The molecule has 1 saturated carbocycles. The minimum atomic E-state index is 0.611. The van der Waals surface area contributed by atoms with Crippen LogP contribution in [0.4, 0.5) is 0 Å². The Hall–Kier alpha value is -2.28. The van der Waals surface area contributed by atoms with Gasteiger partial charge in [0.05, 0.1) is 24.1 Å². The summed E-state index contributed by atoms with van der Waals surface area (Å²) in [6.45, 7) is 1.40. The standard InChI is InChI=1S/C13H15N7/c1-4-14-13-16-12(7-19(13)5-1)9-20-8-11(17-18-20)6-15-10-2-3-10/h1,4-5,7-8,10,15H,2-3,6,9H2. The first kappa shape index (κ1) is 11.5. The van der Waals surface area contributed by atoms with Crippen molar-refractivity contribution in [3.05, 3.63) is 42.2 Å². The summed E-state index contributed by atoms with van der Waals surface area (Å²) in [5, 5.41) is 11.7. The lowest BCUT2D eigenvalue weighted by Gasteiger charge is -1.96. The number of hydrogen-bond acceptors (Lipinski definition) is 5. The van der Waals surface area contributed by atoms with Crippen molar-refractivity contribution in [1.82, 2.24) is 34.7 Å². The largest absolute Gasteiger partial charge is 0.308 e. The van der Waals surface area contributed by atoms with Crippen LogP contribution in [0.3, 0.4) is 0 Å². The molecule has 7 heteroatoms. The molecule has 4 rings (SSSR count). The van der Waals surface area contributed by atoms with Crippen LogP contribution in [0.25, 0.3) is 5.78 Å². The van der Waals surface area contributed by atoms with Crippen LogP contribution < -0.4 is 5.32 Å². The molecule has 1 fully saturated rings. The van der Waals surface area contributed by atoms with Gasteiger partial charge in [0.1, 0.15) is 0 Å². The van der Waals surface area contributed by atoms with Crippen LogP contribution in [0.1, 0.15) is 24.2 Å². The molecule has 1 aliphatic carbocycles. The van der Waals surface area contributed by atoms with Crippen molar-refractivity contribution in [2.24, 2.45) is 0 Å². The number of fused-ring (bicyclic) bond motifs is 1. The van der Waals surface area contributed by atoms with Gasteiger partial charge < -0.3 is 5.32 Å². The molecule has 0 saturated heterocycles. The predicted octanol–water partition coefficient (Wildman–Crippen LogP) is 0.621. The van der Waals surface area contributed by atoms with Crippen molar-refractivity contribution in [2.75, 3.05) is 0 Å². The normalized spacial score (nSPS) is 15.0. The van der Waals surface area contributed by atoms with E-state index in [2.05, 4.69) is 25.6 Å². The Morgan fingerprint density at radius 1 is 1.25 bits per heavy atom. The summed E-state index contributed by atoms with van der Waals surface area (Å²) >= 11 is 0. The molecular formula is C13H15N7. The molecule has 3 aromatic heterocycles. The zero-order valence-electron chi connectivity index (χ0n) is 11.0. The molecule has 0 spiro atoms. The average Bonchev–Trinajstić information content (AvgIpc) is 3.04. The summed E-state index contributed by atoms with van der Waals surface area (Å²) in [5.41, 5.74) is 1.90. The minimum absolute atomic E-state index is 0.611. The lowest BCUT2D eigenvalue weighted by Crippen LogP contribution is -2.15. The highest BCUT2D eigenvalue weighted by Gasteiger charge is 2.20. The molecule has 20 heavy (non-hydrogen) atoms. The third-order valence-electron chi connectivity index (χ3n) is 3.34. The van der Waals surface area contributed by atoms with E-state index in [-0.39, 0.29) is 0 Å². The fourth-order valence-corrected chi connectivity index (χ4v) is 2.15. The van der Waals surface area contributed by atoms with E-state index >= 15 is 0 Å². The third-order valence-corrected chi connectivity index (χ3v) is 3.34. The smallest absolute Gasteiger partial charge is 0.233 e. The predicted molar refractivity (Wildman–Crippen MR) is 72.0 cm³/mol. The summed E-state index contributed by atoms with van der Waals surface area (Å²) in [6, 6.07) is 2.57. The number of nitrogens with zero attached hydrogens (tertiary/aromatic N) is 6. The summed E-state index contributed by atoms with van der Waals surface area (Å²) in [7, 11) is 0. The number of rotatable bonds is 5. The van der Waals surface area contributed by atoms with E-state index < -0.39 is 0 Å². The van der Waals surface area contributed by atoms with Gasteiger partial charge in [-0.15, -0.1) is 5.10 Å². The van der Waals surface area contributed by atoms with E-state index in [0.29, 0.717) is 18.4 Å². The molecule has 102 valence electrons. The fraction of sp³-hybridized carbons (Fsp3) is 0.385. The number of nitrogens with one attached hydrogen (secondary N) is 1. The lowest BCUT2D eigenvalue weighted by atomic mass is 10.4. The summed E-state index contributed by atoms with van der Waals surface area (Å²) < 4.78 is 3.72. The first-order chi connectivity index (χ1) is 9.87. The molecule has 0 aromatic carbocycles. The van der Waals surface area contributed by atoms with Crippen molar-refractivity contribution in [3.8, 4) is 0 Å². The Kier molecular flexibility index (Phi) is 2.70. The Labute approximate surface area is 115 Å². The monoisotopic (exact) mass is 269 g/mol. The summed E-state index contributed by atoms with van der Waals surface area (Å²) in [6.07, 6.45) is 10.2. The molecule has 0 radical (unpaired) electrons. The first-order valence-corrected chi connectivity index (χ1v) is 6.78. The van der Waals surface area contributed by atoms with Crippen LogP contribution in [0.2, 0.25) is 0 Å². The minimum Gasteiger partial charge on any atom is -0.308 e. The molecule has 0 atom stereocenters. The van der Waals surface area contributed by atoms with Gasteiger partial charge in [0.2, 0.25) is 5.78 Å². The van der Waals surface area contributed by atoms with Gasteiger partial charge in [-0.1, -0.05) is 5.21 Å². The highest BCUT2D eigenvalue weighted by atomic mass is 15.4. The highest BCUT2D eigenvalue weighted by molar-refractivity contribution is 5.29. The number of imidazole rings is 1. The SMILES string of the molecule is c1cnc2nc(Cn3cc(CNC4CC4)nn3)cn2c1. The molecule has 3 heterocycles. The molecule has 7 nitrogen and oxygen atoms in total. The van der Waals surface area contributed by atoms with Crippen LogP contribution in [-0.4, -0.2) is 35.4 Å². The Morgan fingerprint density at radius 2 is 2.20 bits per heavy atom. The van der Waals surface area contributed by atoms with Gasteiger partial charge in [0.15, 0.2) is 0 Å². The zero-order valence-corrected chi connectivity index (χ0v) is 11.0. The summed E-state index contributed by atoms with van der Waals surface area (Å²) in [5.74, 6) is 0.707. The molecular weight excluding hydrogens is 254 g/mol. The van der Waals surface area contributed by atoms with Gasteiger partial charge in [0, 0.05) is 31.2 Å². The van der Waals surface area contributed by atoms with Crippen LogP contribution in [0, 0.1) is 0 Å². The van der Waals surface area contributed by atoms with Gasteiger partial charge in [-0.25, -0.2) is 14.6 Å². The van der Waals surface area contributed by atoms with Gasteiger partial charge in [0.25, 0.3) is 0 Å². The maximum absolute atomic E-state index is 4.45. The average molecular weight is 269 g/mol. The van der Waals surface area contributed by atoms with Crippen molar-refractivity contribution >= 4 is 5.78 Å². The van der Waals surface area contributed by atoms with E-state index in [1.165, 1.54) is 12.8 Å². The lowest BCUT2D eigenvalue weighted by molar-refractivity contribution is 0.638. The molecule has 0 bridgehead atoms. The Bertz CT molecular complexity index is 692. The van der Waals surface area contributed by atoms with Gasteiger partial charge in [-0.05, 0) is 18.9 Å². The van der Waals surface area contributed by atoms with Crippen molar-refractivity contribution in [1.29, 1.82) is 0 Å². The quantitative estimate of drug-likeness (QED) is 0.735. The van der Waals surface area contributed by atoms with E-state index in [4.69, 9.17) is 0 Å². The van der Waals surface area contributed by atoms with Crippen LogP contribution in [0.5, 0.6) is 0 Å². The van der Waals surface area contributed by atoms with E-state index in [0.717, 1.165) is 17.9 Å². The van der Waals surface area contributed by atoms with Crippen LogP contribution in [0.15, 0.2) is 30.9 Å². The topological polar surface area (TPSA) is 72.9 Å². The van der Waals surface area contributed by atoms with Gasteiger partial charge in [-0.2, -0.15) is 0 Å². The number of aromatic nitrogens is 6. The van der Waals surface area contributed by atoms with Crippen LogP contribution >= 0.6 is 0 Å². The Balaban J connectivity index is 1.47. The maximum atomic E-state index is 4.45. The highest BCUT2D eigenvalue weighted by Crippen LogP contribution is 2.18. The van der Waals surface area contributed by atoms with E-state index in [1.54, 1.807) is 6.20 Å². The first-order valence-electron chi connectivity index (χ1n) is 6.78.